The van der Waals surface area contributed by atoms with Crippen molar-refractivity contribution in [3.05, 3.63) is 107 Å². The molecule has 62 heavy (non-hydrogen) atoms. The number of benzene rings is 3. The van der Waals surface area contributed by atoms with Gasteiger partial charge in [-0.3, -0.25) is 0 Å². The van der Waals surface area contributed by atoms with Crippen LogP contribution in [0.3, 0.4) is 0 Å². The topological polar surface area (TPSA) is 133 Å². The zero-order chi connectivity index (χ0) is 44.8. The Bertz CT molecular complexity index is 1850. The van der Waals surface area contributed by atoms with Gasteiger partial charge in [-0.15, -0.1) is 0 Å². The molecular formula is C51H68O11. The minimum atomic E-state index is -0.521. The molecule has 0 amide bonds. The number of ether oxygens (including phenoxy) is 5. The highest BCUT2D eigenvalue weighted by atomic mass is 17.2. The van der Waals surface area contributed by atoms with Gasteiger partial charge in [0.25, 0.3) is 0 Å². The first-order chi connectivity index (χ1) is 30.1. The Hall–Kier alpha value is -5.42. The summed E-state index contributed by atoms with van der Waals surface area (Å²) in [5.41, 5.74) is 3.98. The van der Waals surface area contributed by atoms with Crippen molar-refractivity contribution in [2.45, 2.75) is 129 Å². The molecular weight excluding hydrogens is 789 g/mol. The van der Waals surface area contributed by atoms with Crippen molar-refractivity contribution in [1.29, 1.82) is 0 Å². The summed E-state index contributed by atoms with van der Waals surface area (Å²) < 4.78 is 26.7. The van der Waals surface area contributed by atoms with Crippen molar-refractivity contribution in [1.82, 2.24) is 0 Å². The molecule has 0 fully saturated rings. The third-order valence-electron chi connectivity index (χ3n) is 10.2. The summed E-state index contributed by atoms with van der Waals surface area (Å²) >= 11 is 0. The Morgan fingerprint density at radius 1 is 0.597 bits per heavy atom. The molecule has 11 heteroatoms. The first-order valence-electron chi connectivity index (χ1n) is 22.3. The highest BCUT2D eigenvalue weighted by Crippen LogP contribution is 2.29. The lowest BCUT2D eigenvalue weighted by Gasteiger charge is -2.13. The van der Waals surface area contributed by atoms with E-state index in [9.17, 15) is 19.2 Å². The maximum absolute atomic E-state index is 13.5. The molecule has 0 saturated carbocycles. The van der Waals surface area contributed by atoms with Crippen LogP contribution in [0, 0.1) is 0 Å². The van der Waals surface area contributed by atoms with Crippen LogP contribution in [0.2, 0.25) is 0 Å². The Balaban J connectivity index is 1.45. The molecule has 0 spiro atoms. The molecule has 0 aromatic heterocycles. The fourth-order valence-electron chi connectivity index (χ4n) is 6.54. The van der Waals surface area contributed by atoms with E-state index in [0.29, 0.717) is 35.8 Å². The average molecular weight is 857 g/mol. The number of carbonyl (C=O) groups excluding carboxylic acids is 4. The van der Waals surface area contributed by atoms with Gasteiger partial charge in [0.05, 0.1) is 39.6 Å². The molecule has 0 atom stereocenters. The molecule has 3 rings (SSSR count). The number of hydrogen-bond acceptors (Lipinski definition) is 11. The van der Waals surface area contributed by atoms with E-state index in [0.717, 1.165) is 127 Å². The van der Waals surface area contributed by atoms with Crippen LogP contribution in [0.25, 0.3) is 6.08 Å². The van der Waals surface area contributed by atoms with Crippen LogP contribution in [0.5, 0.6) is 17.2 Å². The number of hydrogen-bond donors (Lipinski definition) is 0. The zero-order valence-electron chi connectivity index (χ0n) is 37.5. The highest BCUT2D eigenvalue weighted by Gasteiger charge is 2.19. The van der Waals surface area contributed by atoms with Crippen LogP contribution >= 0.6 is 0 Å². The molecule has 0 N–H and O–H groups in total. The fourth-order valence-corrected chi connectivity index (χ4v) is 6.54. The minimum absolute atomic E-state index is 0.186. The number of aryl methyl sites for hydroxylation is 2. The van der Waals surface area contributed by atoms with Crippen molar-refractivity contribution >= 4 is 30.0 Å². The molecule has 338 valence electrons. The van der Waals surface area contributed by atoms with Gasteiger partial charge in [-0.05, 0) is 111 Å². The first kappa shape index (κ1) is 50.9. The van der Waals surface area contributed by atoms with E-state index in [2.05, 4.69) is 18.2 Å². The van der Waals surface area contributed by atoms with Gasteiger partial charge in [0.2, 0.25) is 5.75 Å². The van der Waals surface area contributed by atoms with Gasteiger partial charge in [0, 0.05) is 11.6 Å². The maximum atomic E-state index is 13.5. The summed E-state index contributed by atoms with van der Waals surface area (Å²) in [5.74, 6) is -0.711. The van der Waals surface area contributed by atoms with E-state index in [1.54, 1.807) is 55.5 Å². The summed E-state index contributed by atoms with van der Waals surface area (Å²) in [6.07, 6.45) is 20.8. The molecule has 11 nitrogen and oxygen atoms in total. The molecule has 0 aliphatic heterocycles. The second kappa shape index (κ2) is 30.6. The number of unbranched alkanes of at least 4 members (excludes halogenated alkanes) is 13. The van der Waals surface area contributed by atoms with Crippen molar-refractivity contribution in [3.8, 4) is 17.2 Å². The Morgan fingerprint density at radius 3 is 1.82 bits per heavy atom. The van der Waals surface area contributed by atoms with E-state index in [1.807, 2.05) is 18.2 Å². The second-order valence-electron chi connectivity index (χ2n) is 15.4. The molecule has 0 radical (unpaired) electrons. The molecule has 3 aromatic rings. The van der Waals surface area contributed by atoms with E-state index in [1.165, 1.54) is 25.9 Å². The molecule has 3 aromatic carbocycles. The zero-order valence-corrected chi connectivity index (χ0v) is 37.5. The second-order valence-corrected chi connectivity index (χ2v) is 15.4. The minimum Gasteiger partial charge on any atom is -0.493 e. The van der Waals surface area contributed by atoms with Crippen LogP contribution in [0.15, 0.2) is 78.9 Å². The van der Waals surface area contributed by atoms with E-state index in [4.69, 9.17) is 28.7 Å². The predicted molar refractivity (Wildman–Crippen MR) is 241 cm³/mol. The number of rotatable bonds is 32. The third kappa shape index (κ3) is 20.4. The van der Waals surface area contributed by atoms with Crippen molar-refractivity contribution < 1.29 is 52.6 Å². The van der Waals surface area contributed by atoms with Gasteiger partial charge >= 0.3 is 23.9 Å². The quantitative estimate of drug-likeness (QED) is 0.0113. The summed E-state index contributed by atoms with van der Waals surface area (Å²) in [6.45, 7) is 8.54. The first-order valence-corrected chi connectivity index (χ1v) is 22.3. The molecule has 0 unspecified atom stereocenters. The SMILES string of the molecule is C=C(C)C(=O)OCCCCCCCCCCCOC(=O)c1cc(CCCCCCOOc2ccc(/C=C/C(=O)OC)cc2OC)ccc1OC(=O)c1ccc(CCCCC)cc1. The lowest BCUT2D eigenvalue weighted by Crippen LogP contribution is -2.14. The molecule has 0 heterocycles. The summed E-state index contributed by atoms with van der Waals surface area (Å²) in [7, 11) is 2.85. The largest absolute Gasteiger partial charge is 0.493 e. The van der Waals surface area contributed by atoms with Crippen LogP contribution in [-0.4, -0.2) is 57.9 Å². The van der Waals surface area contributed by atoms with Gasteiger partial charge in [-0.2, -0.15) is 4.89 Å². The number of carbonyl (C=O) groups is 4. The van der Waals surface area contributed by atoms with Crippen molar-refractivity contribution in [3.63, 3.8) is 0 Å². The smallest absolute Gasteiger partial charge is 0.343 e. The van der Waals surface area contributed by atoms with Crippen LogP contribution in [0.4, 0.5) is 0 Å². The van der Waals surface area contributed by atoms with Crippen molar-refractivity contribution in [2.75, 3.05) is 34.0 Å². The van der Waals surface area contributed by atoms with E-state index >= 15 is 0 Å². The standard InChI is InChI=1S/C51H68O11/c1-6-7-17-22-40-24-29-43(30-25-40)50(54)61-45-31-26-41(23-18-13-16-21-36-60-62-46-32-27-42(38-47(46)56-4)28-33-48(52)57-5)37-44(45)51(55)59-35-20-15-12-10-8-9-11-14-19-34-58-49(53)39(2)3/h24-33,37-38H,2,6-23,34-36H2,1,3-5H3/b33-28+. The van der Waals surface area contributed by atoms with Gasteiger partial charge in [0.1, 0.15) is 11.3 Å². The fraction of sp³-hybridized carbons (Fsp3) is 0.490. The number of methoxy groups -OCH3 is 2. The Labute approximate surface area is 369 Å². The molecule has 0 bridgehead atoms. The lowest BCUT2D eigenvalue weighted by molar-refractivity contribution is -0.208. The monoisotopic (exact) mass is 856 g/mol. The Kier molecular flexibility index (Phi) is 25.1. The predicted octanol–water partition coefficient (Wildman–Crippen LogP) is 11.7. The summed E-state index contributed by atoms with van der Waals surface area (Å²) in [5, 5.41) is 0. The molecule has 0 aliphatic carbocycles. The van der Waals surface area contributed by atoms with Crippen LogP contribution in [-0.2, 0) is 41.5 Å². The van der Waals surface area contributed by atoms with Gasteiger partial charge in [0.15, 0.2) is 5.75 Å². The molecule has 0 saturated heterocycles. The van der Waals surface area contributed by atoms with E-state index in [-0.39, 0.29) is 23.9 Å². The third-order valence-corrected chi connectivity index (χ3v) is 10.2. The summed E-state index contributed by atoms with van der Waals surface area (Å²) in [4.78, 5) is 60.5. The van der Waals surface area contributed by atoms with Gasteiger partial charge in [-0.25, -0.2) is 19.2 Å². The van der Waals surface area contributed by atoms with E-state index < -0.39 is 17.9 Å². The van der Waals surface area contributed by atoms with Crippen LogP contribution < -0.4 is 14.4 Å². The Morgan fingerprint density at radius 2 is 1.18 bits per heavy atom. The summed E-state index contributed by atoms with van der Waals surface area (Å²) in [6, 6.07) is 18.1. The lowest BCUT2D eigenvalue weighted by atomic mass is 10.0. The highest BCUT2D eigenvalue weighted by molar-refractivity contribution is 5.96. The number of esters is 4. The van der Waals surface area contributed by atoms with Gasteiger partial charge < -0.3 is 28.6 Å². The van der Waals surface area contributed by atoms with Crippen molar-refractivity contribution in [2.24, 2.45) is 0 Å². The maximum Gasteiger partial charge on any atom is 0.343 e. The van der Waals surface area contributed by atoms with Gasteiger partial charge in [-0.1, -0.05) is 108 Å². The molecule has 0 aliphatic rings. The normalized spacial score (nSPS) is 11.0. The van der Waals surface area contributed by atoms with Crippen LogP contribution in [0.1, 0.15) is 154 Å². The average Bonchev–Trinajstić information content (AvgIpc) is 3.28.